The van der Waals surface area contributed by atoms with Crippen LogP contribution in [0.2, 0.25) is 0 Å². The summed E-state index contributed by atoms with van der Waals surface area (Å²) in [6.45, 7) is 4.11. The summed E-state index contributed by atoms with van der Waals surface area (Å²) in [5.74, 6) is 2.11. The zero-order valence-corrected chi connectivity index (χ0v) is 20.4. The predicted molar refractivity (Wildman–Crippen MR) is 137 cm³/mol. The molecule has 9 nitrogen and oxygen atoms in total. The van der Waals surface area contributed by atoms with Gasteiger partial charge in [-0.2, -0.15) is 4.98 Å². The molecule has 9 heteroatoms. The van der Waals surface area contributed by atoms with Crippen LogP contribution in [0.15, 0.2) is 36.7 Å². The minimum absolute atomic E-state index is 0.0443. The van der Waals surface area contributed by atoms with E-state index in [1.165, 1.54) is 24.0 Å². The summed E-state index contributed by atoms with van der Waals surface area (Å²) in [6.07, 6.45) is 10.0. The Hall–Kier alpha value is -3.59. The molecule has 7 rings (SSSR count). The summed E-state index contributed by atoms with van der Waals surface area (Å²) >= 11 is 0. The Kier molecular flexibility index (Phi) is 4.79. The molecule has 4 N–H and O–H groups in total. The Balaban J connectivity index is 1.18. The molecule has 0 unspecified atom stereocenters. The average Bonchev–Trinajstić information content (AvgIpc) is 3.75. The van der Waals surface area contributed by atoms with Crippen molar-refractivity contribution in [2.45, 2.75) is 68.9 Å². The normalized spacial score (nSPS) is 20.4. The molecule has 1 aromatic carbocycles. The Labute approximate surface area is 210 Å². The molecule has 1 aliphatic heterocycles. The third kappa shape index (κ3) is 4.07. The molecule has 1 spiro atoms. The lowest BCUT2D eigenvalue weighted by atomic mass is 9.88. The molecule has 3 fully saturated rings. The van der Waals surface area contributed by atoms with Crippen LogP contribution in [0.25, 0.3) is 0 Å². The fraction of sp³-hybridized carbons (Fsp3) is 0.444. The summed E-state index contributed by atoms with van der Waals surface area (Å²) in [5.41, 5.74) is 4.50. The zero-order valence-electron chi connectivity index (χ0n) is 20.4. The maximum absolute atomic E-state index is 12.9. The standard InChI is InChI=1S/C27H30N8O/c1-26(7-8-26)24-29-11-6-21(34-24)33-22-19(23(36)31-17-2-3-17)14-30-25(35-22)32-18-4-5-20-16(12-18)13-28-15-27(20)9-10-27/h4-6,11-12,14,17,28H,2-3,7-10,13,15H2,1H3,(H,31,36)(H2,29,30,32,33,34,35). The van der Waals surface area contributed by atoms with Crippen molar-refractivity contribution in [1.29, 1.82) is 0 Å². The first-order valence-electron chi connectivity index (χ1n) is 12.9. The monoisotopic (exact) mass is 482 g/mol. The molecular weight excluding hydrogens is 452 g/mol. The highest BCUT2D eigenvalue weighted by Gasteiger charge is 2.46. The summed E-state index contributed by atoms with van der Waals surface area (Å²) in [7, 11) is 0. The molecule has 3 heterocycles. The number of fused-ring (bicyclic) bond motifs is 2. The second-order valence-electron chi connectivity index (χ2n) is 11.0. The van der Waals surface area contributed by atoms with Gasteiger partial charge in [0.05, 0.1) is 0 Å². The number of nitrogens with one attached hydrogen (secondary N) is 4. The number of nitrogens with zero attached hydrogens (tertiary/aromatic N) is 4. The minimum atomic E-state index is -0.176. The second kappa shape index (κ2) is 7.96. The molecule has 0 saturated heterocycles. The molecule has 0 bridgehead atoms. The molecule has 0 radical (unpaired) electrons. The van der Waals surface area contributed by atoms with Crippen LogP contribution in [0.4, 0.5) is 23.3 Å². The smallest absolute Gasteiger partial charge is 0.256 e. The molecule has 0 atom stereocenters. The van der Waals surface area contributed by atoms with E-state index in [0.717, 1.165) is 50.3 Å². The van der Waals surface area contributed by atoms with Gasteiger partial charge in [0.1, 0.15) is 23.0 Å². The molecule has 4 aliphatic rings. The number of hydrogen-bond donors (Lipinski definition) is 4. The fourth-order valence-electron chi connectivity index (χ4n) is 5.04. The first-order valence-corrected chi connectivity index (χ1v) is 12.9. The molecule has 1 amide bonds. The van der Waals surface area contributed by atoms with Crippen LogP contribution in [-0.4, -0.2) is 38.4 Å². The molecule has 36 heavy (non-hydrogen) atoms. The Bertz CT molecular complexity index is 1360. The molecular formula is C27H30N8O. The van der Waals surface area contributed by atoms with Gasteiger partial charge in [0.2, 0.25) is 5.95 Å². The van der Waals surface area contributed by atoms with E-state index in [2.05, 4.69) is 56.4 Å². The van der Waals surface area contributed by atoms with Crippen molar-refractivity contribution in [3.63, 3.8) is 0 Å². The van der Waals surface area contributed by atoms with Crippen molar-refractivity contribution in [3.05, 3.63) is 59.2 Å². The van der Waals surface area contributed by atoms with Crippen molar-refractivity contribution >= 4 is 29.2 Å². The lowest BCUT2D eigenvalue weighted by molar-refractivity contribution is 0.0951. The Morgan fingerprint density at radius 1 is 1.06 bits per heavy atom. The van der Waals surface area contributed by atoms with E-state index in [1.807, 2.05) is 0 Å². The van der Waals surface area contributed by atoms with E-state index in [1.54, 1.807) is 18.5 Å². The maximum atomic E-state index is 12.9. The molecule has 3 saturated carbocycles. The fourth-order valence-corrected chi connectivity index (χ4v) is 5.04. The molecule has 3 aromatic rings. The number of amides is 1. The highest BCUT2D eigenvalue weighted by Crippen LogP contribution is 2.51. The van der Waals surface area contributed by atoms with Crippen LogP contribution < -0.4 is 21.3 Å². The molecule has 2 aromatic heterocycles. The van der Waals surface area contributed by atoms with Crippen LogP contribution in [-0.2, 0) is 17.4 Å². The summed E-state index contributed by atoms with van der Waals surface area (Å²) < 4.78 is 0. The van der Waals surface area contributed by atoms with Crippen molar-refractivity contribution in [2.75, 3.05) is 17.2 Å². The van der Waals surface area contributed by atoms with Gasteiger partial charge in [-0.25, -0.2) is 15.0 Å². The van der Waals surface area contributed by atoms with Crippen molar-refractivity contribution in [2.24, 2.45) is 0 Å². The number of benzene rings is 1. The lowest BCUT2D eigenvalue weighted by Crippen LogP contribution is -2.33. The van der Waals surface area contributed by atoms with Crippen LogP contribution in [0, 0.1) is 0 Å². The third-order valence-electron chi connectivity index (χ3n) is 7.95. The van der Waals surface area contributed by atoms with Gasteiger partial charge in [-0.05, 0) is 67.9 Å². The van der Waals surface area contributed by atoms with E-state index in [-0.39, 0.29) is 17.4 Å². The van der Waals surface area contributed by atoms with Gasteiger partial charge in [-0.3, -0.25) is 4.79 Å². The van der Waals surface area contributed by atoms with Gasteiger partial charge >= 0.3 is 0 Å². The first-order chi connectivity index (χ1) is 17.5. The Morgan fingerprint density at radius 2 is 1.92 bits per heavy atom. The van der Waals surface area contributed by atoms with E-state index in [4.69, 9.17) is 9.97 Å². The summed E-state index contributed by atoms with van der Waals surface area (Å²) in [5, 5.41) is 13.2. The SMILES string of the molecule is CC1(c2nccc(Nc3nc(Nc4ccc5c(c4)CNCC54CC4)ncc3C(=O)NC3CC3)n2)CC1. The first kappa shape index (κ1) is 21.7. The summed E-state index contributed by atoms with van der Waals surface area (Å²) in [4.78, 5) is 31.3. The van der Waals surface area contributed by atoms with Crippen molar-refractivity contribution < 1.29 is 4.79 Å². The number of carbonyl (C=O) groups is 1. The zero-order chi connectivity index (χ0) is 24.3. The van der Waals surface area contributed by atoms with Crippen molar-refractivity contribution in [3.8, 4) is 0 Å². The Morgan fingerprint density at radius 3 is 2.69 bits per heavy atom. The van der Waals surface area contributed by atoms with Crippen LogP contribution >= 0.6 is 0 Å². The van der Waals surface area contributed by atoms with Gasteiger partial charge in [-0.1, -0.05) is 13.0 Å². The van der Waals surface area contributed by atoms with Gasteiger partial charge in [-0.15, -0.1) is 0 Å². The quantitative estimate of drug-likeness (QED) is 0.401. The van der Waals surface area contributed by atoms with E-state index in [9.17, 15) is 4.79 Å². The largest absolute Gasteiger partial charge is 0.349 e. The number of carbonyl (C=O) groups excluding carboxylic acids is 1. The third-order valence-corrected chi connectivity index (χ3v) is 7.95. The van der Waals surface area contributed by atoms with Crippen LogP contribution in [0.5, 0.6) is 0 Å². The maximum Gasteiger partial charge on any atom is 0.256 e. The molecule has 184 valence electrons. The average molecular weight is 483 g/mol. The molecule has 3 aliphatic carbocycles. The highest BCUT2D eigenvalue weighted by atomic mass is 16.1. The topological polar surface area (TPSA) is 117 Å². The van der Waals surface area contributed by atoms with E-state index >= 15 is 0 Å². The van der Waals surface area contributed by atoms with Crippen LogP contribution in [0.3, 0.4) is 0 Å². The van der Waals surface area contributed by atoms with Gasteiger partial charge < -0.3 is 21.3 Å². The number of rotatable bonds is 7. The summed E-state index contributed by atoms with van der Waals surface area (Å²) in [6, 6.07) is 8.56. The van der Waals surface area contributed by atoms with Gasteiger partial charge in [0.25, 0.3) is 5.91 Å². The second-order valence-corrected chi connectivity index (χ2v) is 11.0. The van der Waals surface area contributed by atoms with Gasteiger partial charge in [0, 0.05) is 48.0 Å². The van der Waals surface area contributed by atoms with E-state index in [0.29, 0.717) is 28.6 Å². The minimum Gasteiger partial charge on any atom is -0.349 e. The predicted octanol–water partition coefficient (Wildman–Crippen LogP) is 3.83. The number of hydrogen-bond acceptors (Lipinski definition) is 8. The van der Waals surface area contributed by atoms with Crippen LogP contribution in [0.1, 0.15) is 72.8 Å². The van der Waals surface area contributed by atoms with Gasteiger partial charge in [0.15, 0.2) is 0 Å². The number of aromatic nitrogens is 4. The highest BCUT2D eigenvalue weighted by molar-refractivity contribution is 5.99. The number of anilines is 4. The van der Waals surface area contributed by atoms with E-state index < -0.39 is 0 Å². The lowest BCUT2D eigenvalue weighted by Gasteiger charge is -2.26. The van der Waals surface area contributed by atoms with Crippen molar-refractivity contribution in [1.82, 2.24) is 30.6 Å².